The first-order valence-corrected chi connectivity index (χ1v) is 6.94. The van der Waals surface area contributed by atoms with E-state index >= 15 is 0 Å². The quantitative estimate of drug-likeness (QED) is 0.701. The first-order valence-electron chi connectivity index (χ1n) is 6.94. The summed E-state index contributed by atoms with van der Waals surface area (Å²) >= 11 is 0. The zero-order chi connectivity index (χ0) is 13.2. The summed E-state index contributed by atoms with van der Waals surface area (Å²) in [4.78, 5) is 2.29. The Hall–Kier alpha value is -1.62. The van der Waals surface area contributed by atoms with Gasteiger partial charge in [-0.15, -0.1) is 0 Å². The van der Waals surface area contributed by atoms with Gasteiger partial charge in [0.1, 0.15) is 12.4 Å². The van der Waals surface area contributed by atoms with Gasteiger partial charge in [-0.1, -0.05) is 0 Å². The number of anilines is 3. The number of nitrogens with zero attached hydrogens (tertiary/aromatic N) is 1. The summed E-state index contributed by atoms with van der Waals surface area (Å²) in [5.41, 5.74) is 8.99. The van der Waals surface area contributed by atoms with Crippen molar-refractivity contribution in [3.05, 3.63) is 12.1 Å². The van der Waals surface area contributed by atoms with Gasteiger partial charge in [-0.25, -0.2) is 0 Å². The van der Waals surface area contributed by atoms with E-state index in [4.69, 9.17) is 10.5 Å². The second-order valence-corrected chi connectivity index (χ2v) is 5.30. The molecule has 0 aliphatic carbocycles. The van der Waals surface area contributed by atoms with E-state index in [1.807, 2.05) is 12.1 Å². The van der Waals surface area contributed by atoms with Crippen LogP contribution < -0.4 is 20.7 Å². The molecule has 0 spiro atoms. The van der Waals surface area contributed by atoms with Crippen LogP contribution in [0.4, 0.5) is 17.1 Å². The number of nitrogen functional groups attached to an aromatic ring is 1. The lowest BCUT2D eigenvalue weighted by molar-refractivity contribution is 0.203. The molecule has 5 nitrogen and oxygen atoms in total. The molecule has 3 rings (SSSR count). The van der Waals surface area contributed by atoms with Gasteiger partial charge in [0, 0.05) is 32.3 Å². The van der Waals surface area contributed by atoms with Crippen molar-refractivity contribution in [1.82, 2.24) is 0 Å². The van der Waals surface area contributed by atoms with E-state index < -0.39 is 0 Å². The van der Waals surface area contributed by atoms with Crippen LogP contribution >= 0.6 is 0 Å². The van der Waals surface area contributed by atoms with Crippen LogP contribution in [0.15, 0.2) is 12.1 Å². The highest BCUT2D eigenvalue weighted by molar-refractivity contribution is 5.78. The molecule has 1 fully saturated rings. The number of aliphatic hydroxyl groups excluding tert-OH is 1. The number of rotatable bonds is 2. The lowest BCUT2D eigenvalue weighted by Gasteiger charge is -2.34. The van der Waals surface area contributed by atoms with Gasteiger partial charge in [0.25, 0.3) is 0 Å². The summed E-state index contributed by atoms with van der Waals surface area (Å²) in [7, 11) is 0. The molecule has 0 saturated carbocycles. The Labute approximate surface area is 113 Å². The highest BCUT2D eigenvalue weighted by atomic mass is 16.5. The average Bonchev–Trinajstić information content (AvgIpc) is 2.47. The molecule has 5 heteroatoms. The number of hydrogen-bond acceptors (Lipinski definition) is 5. The lowest BCUT2D eigenvalue weighted by atomic mass is 9.97. The first kappa shape index (κ1) is 12.4. The highest BCUT2D eigenvalue weighted by Gasteiger charge is 2.22. The Bertz CT molecular complexity index is 456. The third kappa shape index (κ3) is 2.42. The predicted octanol–water partition coefficient (Wildman–Crippen LogP) is 1.28. The summed E-state index contributed by atoms with van der Waals surface area (Å²) in [6, 6.07) is 4.00. The third-order valence-electron chi connectivity index (χ3n) is 4.02. The van der Waals surface area contributed by atoms with E-state index in [-0.39, 0.29) is 0 Å². The van der Waals surface area contributed by atoms with Crippen molar-refractivity contribution < 1.29 is 9.84 Å². The maximum absolute atomic E-state index is 9.19. The number of nitrogens with two attached hydrogens (primary N) is 1. The van der Waals surface area contributed by atoms with Gasteiger partial charge >= 0.3 is 0 Å². The first-order chi connectivity index (χ1) is 9.28. The molecule has 2 aliphatic rings. The van der Waals surface area contributed by atoms with E-state index in [9.17, 15) is 5.11 Å². The molecule has 19 heavy (non-hydrogen) atoms. The molecular formula is C14H21N3O2. The summed E-state index contributed by atoms with van der Waals surface area (Å²) < 4.78 is 5.67. The molecule has 0 radical (unpaired) electrons. The van der Waals surface area contributed by atoms with E-state index in [2.05, 4.69) is 10.2 Å². The molecule has 0 bridgehead atoms. The molecule has 104 valence electrons. The maximum Gasteiger partial charge on any atom is 0.144 e. The molecule has 0 unspecified atom stereocenters. The van der Waals surface area contributed by atoms with Gasteiger partial charge in [0.2, 0.25) is 0 Å². The van der Waals surface area contributed by atoms with Crippen LogP contribution in [0.1, 0.15) is 12.8 Å². The fraction of sp³-hybridized carbons (Fsp3) is 0.571. The van der Waals surface area contributed by atoms with Crippen LogP contribution in [0.2, 0.25) is 0 Å². The Morgan fingerprint density at radius 2 is 2.16 bits per heavy atom. The average molecular weight is 263 g/mol. The normalized spacial score (nSPS) is 19.5. The number of piperidine rings is 1. The van der Waals surface area contributed by atoms with Gasteiger partial charge in [-0.05, 0) is 24.8 Å². The number of hydrogen-bond donors (Lipinski definition) is 3. The summed E-state index contributed by atoms with van der Waals surface area (Å²) in [5, 5.41) is 12.5. The second-order valence-electron chi connectivity index (χ2n) is 5.30. The topological polar surface area (TPSA) is 70.8 Å². The maximum atomic E-state index is 9.19. The SMILES string of the molecule is Nc1cc2c(cc1N1CCC(CO)CC1)OCCN2. The van der Waals surface area contributed by atoms with Crippen LogP contribution in [0.5, 0.6) is 5.75 Å². The Morgan fingerprint density at radius 1 is 1.37 bits per heavy atom. The molecule has 0 atom stereocenters. The van der Waals surface area contributed by atoms with Crippen molar-refractivity contribution >= 4 is 17.1 Å². The molecule has 4 N–H and O–H groups in total. The largest absolute Gasteiger partial charge is 0.490 e. The van der Waals surface area contributed by atoms with E-state index in [0.29, 0.717) is 19.1 Å². The molecule has 1 aromatic rings. The van der Waals surface area contributed by atoms with Crippen molar-refractivity contribution in [3.63, 3.8) is 0 Å². The summed E-state index contributed by atoms with van der Waals surface area (Å²) in [6.07, 6.45) is 2.04. The van der Waals surface area contributed by atoms with E-state index in [0.717, 1.165) is 55.3 Å². The minimum atomic E-state index is 0.292. The fourth-order valence-electron chi connectivity index (χ4n) is 2.82. The smallest absolute Gasteiger partial charge is 0.144 e. The second kappa shape index (κ2) is 5.17. The lowest BCUT2D eigenvalue weighted by Crippen LogP contribution is -2.35. The highest BCUT2D eigenvalue weighted by Crippen LogP contribution is 2.38. The number of nitrogens with one attached hydrogen (secondary N) is 1. The predicted molar refractivity (Wildman–Crippen MR) is 76.9 cm³/mol. The zero-order valence-corrected chi connectivity index (χ0v) is 11.1. The number of ether oxygens (including phenoxy) is 1. The minimum absolute atomic E-state index is 0.292. The van der Waals surface area contributed by atoms with Gasteiger partial charge in [-0.3, -0.25) is 0 Å². The molecule has 0 amide bonds. The van der Waals surface area contributed by atoms with Crippen LogP contribution in [0.25, 0.3) is 0 Å². The van der Waals surface area contributed by atoms with Gasteiger partial charge in [0.15, 0.2) is 0 Å². The van der Waals surface area contributed by atoms with Crippen LogP contribution in [-0.2, 0) is 0 Å². The molecule has 2 aliphatic heterocycles. The van der Waals surface area contributed by atoms with Crippen LogP contribution in [-0.4, -0.2) is 38.0 Å². The molecule has 1 saturated heterocycles. The van der Waals surface area contributed by atoms with E-state index in [1.165, 1.54) is 0 Å². The van der Waals surface area contributed by atoms with Crippen molar-refractivity contribution in [2.45, 2.75) is 12.8 Å². The number of aliphatic hydroxyl groups is 1. The van der Waals surface area contributed by atoms with E-state index in [1.54, 1.807) is 0 Å². The van der Waals surface area contributed by atoms with Crippen LogP contribution in [0.3, 0.4) is 0 Å². The van der Waals surface area contributed by atoms with Crippen molar-refractivity contribution in [3.8, 4) is 5.75 Å². The van der Waals surface area contributed by atoms with Gasteiger partial charge in [-0.2, -0.15) is 0 Å². The third-order valence-corrected chi connectivity index (χ3v) is 4.02. The molecule has 1 aromatic carbocycles. The molecular weight excluding hydrogens is 242 g/mol. The summed E-state index contributed by atoms with van der Waals surface area (Å²) in [6.45, 7) is 3.71. The Balaban J connectivity index is 1.81. The molecule has 2 heterocycles. The monoisotopic (exact) mass is 263 g/mol. The summed E-state index contributed by atoms with van der Waals surface area (Å²) in [5.74, 6) is 1.33. The Kier molecular flexibility index (Phi) is 3.38. The number of fused-ring (bicyclic) bond motifs is 1. The number of benzene rings is 1. The zero-order valence-electron chi connectivity index (χ0n) is 11.1. The van der Waals surface area contributed by atoms with Crippen LogP contribution in [0, 0.1) is 5.92 Å². The van der Waals surface area contributed by atoms with Crippen molar-refractivity contribution in [2.24, 2.45) is 5.92 Å². The Morgan fingerprint density at radius 3 is 2.89 bits per heavy atom. The fourth-order valence-corrected chi connectivity index (χ4v) is 2.82. The molecule has 0 aromatic heterocycles. The standard InChI is InChI=1S/C14H21N3O2/c15-11-7-12-14(19-6-3-16-12)8-13(11)17-4-1-10(9-18)2-5-17/h7-8,10,16,18H,1-6,9,15H2. The van der Waals surface area contributed by atoms with Crippen molar-refractivity contribution in [2.75, 3.05) is 48.8 Å². The van der Waals surface area contributed by atoms with Gasteiger partial charge in [0.05, 0.1) is 17.1 Å². The minimum Gasteiger partial charge on any atom is -0.490 e. The van der Waals surface area contributed by atoms with Gasteiger partial charge < -0.3 is 25.8 Å². The van der Waals surface area contributed by atoms with Crippen molar-refractivity contribution in [1.29, 1.82) is 0 Å².